The van der Waals surface area contributed by atoms with E-state index >= 15 is 0 Å². The monoisotopic (exact) mass is 264 g/mol. The Labute approximate surface area is 118 Å². The molecular weight excluding hydrogens is 248 g/mol. The number of carbonyl (C=O) groups excluding carboxylic acids is 2. The molecule has 3 rings (SSSR count). The maximum absolute atomic E-state index is 12.7. The molecule has 2 aromatic rings. The molecular formula is C18H16O2. The lowest BCUT2D eigenvalue weighted by Gasteiger charge is -2.22. The Morgan fingerprint density at radius 1 is 0.600 bits per heavy atom. The van der Waals surface area contributed by atoms with E-state index in [2.05, 4.69) is 0 Å². The van der Waals surface area contributed by atoms with E-state index in [4.69, 9.17) is 0 Å². The summed E-state index contributed by atoms with van der Waals surface area (Å²) >= 11 is 0. The van der Waals surface area contributed by atoms with Crippen molar-refractivity contribution in [3.63, 3.8) is 0 Å². The van der Waals surface area contributed by atoms with E-state index in [9.17, 15) is 9.59 Å². The highest BCUT2D eigenvalue weighted by molar-refractivity contribution is 6.29. The minimum atomic E-state index is -0.0288. The van der Waals surface area contributed by atoms with Crippen molar-refractivity contribution in [3.8, 4) is 0 Å². The molecule has 1 aliphatic rings. The molecule has 0 saturated carbocycles. The summed E-state index contributed by atoms with van der Waals surface area (Å²) in [5, 5.41) is 0. The van der Waals surface area contributed by atoms with Crippen LogP contribution in [0.5, 0.6) is 0 Å². The molecule has 20 heavy (non-hydrogen) atoms. The zero-order chi connectivity index (χ0) is 14.6. The van der Waals surface area contributed by atoms with Crippen LogP contribution in [0.1, 0.15) is 54.1 Å². The maximum atomic E-state index is 12.7. The van der Waals surface area contributed by atoms with Gasteiger partial charge in [-0.15, -0.1) is 0 Å². The van der Waals surface area contributed by atoms with Gasteiger partial charge < -0.3 is 0 Å². The van der Waals surface area contributed by atoms with Gasteiger partial charge in [-0.05, 0) is 49.9 Å². The minimum absolute atomic E-state index is 0.0288. The van der Waals surface area contributed by atoms with Crippen LogP contribution >= 0.6 is 0 Å². The van der Waals surface area contributed by atoms with Crippen molar-refractivity contribution in [1.29, 1.82) is 0 Å². The van der Waals surface area contributed by atoms with Gasteiger partial charge in [0.25, 0.3) is 0 Å². The highest BCUT2D eigenvalue weighted by Gasteiger charge is 2.32. The van der Waals surface area contributed by atoms with Crippen molar-refractivity contribution in [3.05, 3.63) is 68.8 Å². The standard InChI is InChI=1S/C18H16O2/c1-9-5-7-13-15(11(9)3)17(19)14-8-6-10(2)12(4)16(14)18(13)20/h5-8H,1-4H3. The molecule has 0 N–H and O–H groups in total. The fourth-order valence-corrected chi connectivity index (χ4v) is 2.86. The first-order chi connectivity index (χ1) is 9.43. The molecule has 0 heterocycles. The van der Waals surface area contributed by atoms with Crippen LogP contribution < -0.4 is 0 Å². The van der Waals surface area contributed by atoms with E-state index in [1.165, 1.54) is 0 Å². The van der Waals surface area contributed by atoms with Crippen LogP contribution in [-0.4, -0.2) is 11.6 Å². The average molecular weight is 264 g/mol. The van der Waals surface area contributed by atoms with Crippen molar-refractivity contribution in [2.24, 2.45) is 0 Å². The molecule has 1 aliphatic carbocycles. The molecule has 0 bridgehead atoms. The highest BCUT2D eigenvalue weighted by Crippen LogP contribution is 2.33. The molecule has 0 radical (unpaired) electrons. The Kier molecular flexibility index (Phi) is 2.65. The Bertz CT molecular complexity index is 715. The maximum Gasteiger partial charge on any atom is 0.194 e. The number of rotatable bonds is 0. The van der Waals surface area contributed by atoms with Gasteiger partial charge in [-0.25, -0.2) is 0 Å². The molecule has 0 aromatic heterocycles. The summed E-state index contributed by atoms with van der Waals surface area (Å²) in [5.41, 5.74) is 6.12. The fourth-order valence-electron chi connectivity index (χ4n) is 2.86. The van der Waals surface area contributed by atoms with Crippen LogP contribution in [0.4, 0.5) is 0 Å². The van der Waals surface area contributed by atoms with Gasteiger partial charge >= 0.3 is 0 Å². The quantitative estimate of drug-likeness (QED) is 0.620. The zero-order valence-electron chi connectivity index (χ0n) is 12.1. The lowest BCUT2D eigenvalue weighted by Crippen LogP contribution is -2.23. The third-order valence-corrected chi connectivity index (χ3v) is 4.42. The topological polar surface area (TPSA) is 34.1 Å². The van der Waals surface area contributed by atoms with Crippen molar-refractivity contribution >= 4 is 11.6 Å². The van der Waals surface area contributed by atoms with E-state index in [1.807, 2.05) is 39.8 Å². The summed E-state index contributed by atoms with van der Waals surface area (Å²) in [6.07, 6.45) is 0. The number of hydrogen-bond acceptors (Lipinski definition) is 2. The number of benzene rings is 2. The highest BCUT2D eigenvalue weighted by atomic mass is 16.1. The van der Waals surface area contributed by atoms with E-state index < -0.39 is 0 Å². The summed E-state index contributed by atoms with van der Waals surface area (Å²) in [4.78, 5) is 25.5. The Morgan fingerprint density at radius 2 is 0.950 bits per heavy atom. The lowest BCUT2D eigenvalue weighted by molar-refractivity contribution is 0.0978. The Morgan fingerprint density at radius 3 is 1.30 bits per heavy atom. The van der Waals surface area contributed by atoms with Crippen LogP contribution in [0.15, 0.2) is 24.3 Å². The third-order valence-electron chi connectivity index (χ3n) is 4.42. The molecule has 0 amide bonds. The van der Waals surface area contributed by atoms with Gasteiger partial charge in [0.05, 0.1) is 0 Å². The molecule has 0 saturated heterocycles. The van der Waals surface area contributed by atoms with Crippen LogP contribution in [0.3, 0.4) is 0 Å². The smallest absolute Gasteiger partial charge is 0.194 e. The average Bonchev–Trinajstić information content (AvgIpc) is 2.42. The van der Waals surface area contributed by atoms with Gasteiger partial charge in [-0.1, -0.05) is 24.3 Å². The molecule has 0 fully saturated rings. The van der Waals surface area contributed by atoms with E-state index in [0.717, 1.165) is 22.3 Å². The van der Waals surface area contributed by atoms with Crippen molar-refractivity contribution in [2.75, 3.05) is 0 Å². The predicted octanol–water partition coefficient (Wildman–Crippen LogP) is 3.70. The Hall–Kier alpha value is -2.22. The summed E-state index contributed by atoms with van der Waals surface area (Å²) in [5.74, 6) is -0.0576. The molecule has 0 atom stereocenters. The second-order valence-electron chi connectivity index (χ2n) is 5.52. The first-order valence-electron chi connectivity index (χ1n) is 6.73. The van der Waals surface area contributed by atoms with Crippen molar-refractivity contribution < 1.29 is 9.59 Å². The fraction of sp³-hybridized carbons (Fsp3) is 0.222. The first kappa shape index (κ1) is 12.8. The van der Waals surface area contributed by atoms with Crippen LogP contribution in [0.2, 0.25) is 0 Å². The Balaban J connectivity index is 2.40. The third kappa shape index (κ3) is 1.51. The number of ketones is 2. The van der Waals surface area contributed by atoms with Gasteiger partial charge in [-0.2, -0.15) is 0 Å². The normalized spacial score (nSPS) is 13.2. The first-order valence-corrected chi connectivity index (χ1v) is 6.73. The molecule has 100 valence electrons. The number of hydrogen-bond donors (Lipinski definition) is 0. The summed E-state index contributed by atoms with van der Waals surface area (Å²) in [7, 11) is 0. The van der Waals surface area contributed by atoms with Crippen LogP contribution in [0, 0.1) is 27.7 Å². The minimum Gasteiger partial charge on any atom is -0.289 e. The summed E-state index contributed by atoms with van der Waals surface area (Å²) in [6.45, 7) is 7.74. The molecule has 2 aromatic carbocycles. The van der Waals surface area contributed by atoms with Crippen molar-refractivity contribution in [1.82, 2.24) is 0 Å². The molecule has 0 spiro atoms. The van der Waals surface area contributed by atoms with E-state index in [1.54, 1.807) is 12.1 Å². The van der Waals surface area contributed by atoms with Gasteiger partial charge in [0.1, 0.15) is 0 Å². The van der Waals surface area contributed by atoms with Crippen molar-refractivity contribution in [2.45, 2.75) is 27.7 Å². The second-order valence-corrected chi connectivity index (χ2v) is 5.52. The molecule has 0 unspecified atom stereocenters. The number of carbonyl (C=O) groups is 2. The van der Waals surface area contributed by atoms with Gasteiger partial charge in [0, 0.05) is 22.3 Å². The predicted molar refractivity (Wildman–Crippen MR) is 78.7 cm³/mol. The van der Waals surface area contributed by atoms with Crippen LogP contribution in [-0.2, 0) is 0 Å². The van der Waals surface area contributed by atoms with E-state index in [0.29, 0.717) is 22.3 Å². The molecule has 2 heteroatoms. The van der Waals surface area contributed by atoms with Gasteiger partial charge in [0.2, 0.25) is 0 Å². The van der Waals surface area contributed by atoms with E-state index in [-0.39, 0.29) is 11.6 Å². The zero-order valence-corrected chi connectivity index (χ0v) is 12.1. The lowest BCUT2D eigenvalue weighted by atomic mass is 9.78. The molecule has 2 nitrogen and oxygen atoms in total. The summed E-state index contributed by atoms with van der Waals surface area (Å²) in [6, 6.07) is 7.39. The van der Waals surface area contributed by atoms with Crippen LogP contribution in [0.25, 0.3) is 0 Å². The summed E-state index contributed by atoms with van der Waals surface area (Å²) < 4.78 is 0. The molecule has 0 aliphatic heterocycles. The number of aryl methyl sites for hydroxylation is 2. The second kappa shape index (κ2) is 4.14. The SMILES string of the molecule is Cc1ccc2c(c1C)C(=O)c1ccc(C)c(C)c1C2=O. The largest absolute Gasteiger partial charge is 0.289 e. The van der Waals surface area contributed by atoms with Gasteiger partial charge in [0.15, 0.2) is 11.6 Å². The van der Waals surface area contributed by atoms with Gasteiger partial charge in [-0.3, -0.25) is 9.59 Å². The number of fused-ring (bicyclic) bond motifs is 2.